The SMILES string of the molecule is COc1cccc(-c2cc(=S)ss2)c1. The molecule has 0 unspecified atom stereocenters. The largest absolute Gasteiger partial charge is 0.497 e. The summed E-state index contributed by atoms with van der Waals surface area (Å²) >= 11 is 5.09. The van der Waals surface area contributed by atoms with Crippen molar-refractivity contribution < 1.29 is 4.74 Å². The molecule has 0 saturated heterocycles. The minimum Gasteiger partial charge on any atom is -0.497 e. The van der Waals surface area contributed by atoms with Gasteiger partial charge in [0, 0.05) is 4.88 Å². The van der Waals surface area contributed by atoms with Crippen LogP contribution in [0.5, 0.6) is 5.75 Å². The van der Waals surface area contributed by atoms with Crippen LogP contribution in [0.3, 0.4) is 0 Å². The lowest BCUT2D eigenvalue weighted by atomic mass is 10.2. The van der Waals surface area contributed by atoms with Crippen LogP contribution in [0.1, 0.15) is 0 Å². The van der Waals surface area contributed by atoms with Crippen molar-refractivity contribution in [2.24, 2.45) is 0 Å². The van der Waals surface area contributed by atoms with Gasteiger partial charge in [0.25, 0.3) is 0 Å². The molecule has 0 aliphatic carbocycles. The molecule has 14 heavy (non-hydrogen) atoms. The van der Waals surface area contributed by atoms with E-state index in [9.17, 15) is 0 Å². The Morgan fingerprint density at radius 3 is 2.71 bits per heavy atom. The average Bonchev–Trinajstić information content (AvgIpc) is 2.65. The molecule has 0 spiro atoms. The fourth-order valence-electron chi connectivity index (χ4n) is 1.15. The first-order valence-electron chi connectivity index (χ1n) is 4.04. The molecule has 0 aliphatic rings. The molecule has 0 bridgehead atoms. The zero-order valence-corrected chi connectivity index (χ0v) is 9.97. The normalized spacial score (nSPS) is 10.1. The Morgan fingerprint density at radius 1 is 1.21 bits per heavy atom. The fourth-order valence-corrected chi connectivity index (χ4v) is 3.54. The molecule has 0 amide bonds. The van der Waals surface area contributed by atoms with Crippen LogP contribution < -0.4 is 4.74 Å². The van der Waals surface area contributed by atoms with E-state index in [1.54, 1.807) is 27.8 Å². The molecule has 4 heteroatoms. The topological polar surface area (TPSA) is 9.23 Å². The minimum atomic E-state index is 0.881. The standard InChI is InChI=1S/C10H8OS3/c1-11-8-4-2-3-7(5-8)9-6-10(12)14-13-9/h2-6H,1H3. The van der Waals surface area contributed by atoms with Gasteiger partial charge in [-0.15, -0.1) is 0 Å². The molecule has 0 atom stereocenters. The van der Waals surface area contributed by atoms with Crippen molar-refractivity contribution in [1.82, 2.24) is 0 Å². The number of hydrogen-bond acceptors (Lipinski definition) is 4. The number of ether oxygens (including phenoxy) is 1. The van der Waals surface area contributed by atoms with E-state index in [-0.39, 0.29) is 0 Å². The molecule has 0 radical (unpaired) electrons. The van der Waals surface area contributed by atoms with Crippen molar-refractivity contribution in [2.75, 3.05) is 7.11 Å². The molecule has 1 heterocycles. The van der Waals surface area contributed by atoms with Gasteiger partial charge in [-0.1, -0.05) is 45.0 Å². The molecule has 0 aliphatic heterocycles. The van der Waals surface area contributed by atoms with Crippen LogP contribution in [0.15, 0.2) is 30.3 Å². The maximum atomic E-state index is 5.17. The molecule has 0 saturated carbocycles. The lowest BCUT2D eigenvalue weighted by Crippen LogP contribution is -1.81. The number of rotatable bonds is 2. The van der Waals surface area contributed by atoms with Crippen molar-refractivity contribution in [3.63, 3.8) is 0 Å². The van der Waals surface area contributed by atoms with Crippen molar-refractivity contribution in [3.8, 4) is 16.2 Å². The number of hydrogen-bond donors (Lipinski definition) is 0. The van der Waals surface area contributed by atoms with E-state index in [0.29, 0.717) is 0 Å². The summed E-state index contributed by atoms with van der Waals surface area (Å²) < 4.78 is 6.10. The summed E-state index contributed by atoms with van der Waals surface area (Å²) in [6.07, 6.45) is 0. The van der Waals surface area contributed by atoms with Gasteiger partial charge in [-0.25, -0.2) is 0 Å². The second-order valence-electron chi connectivity index (χ2n) is 2.73. The summed E-state index contributed by atoms with van der Waals surface area (Å²) in [5.41, 5.74) is 1.17. The zero-order chi connectivity index (χ0) is 9.97. The molecule has 1 aromatic heterocycles. The van der Waals surface area contributed by atoms with Gasteiger partial charge < -0.3 is 4.74 Å². The number of benzene rings is 1. The van der Waals surface area contributed by atoms with Crippen LogP contribution in [0, 0.1) is 3.82 Å². The lowest BCUT2D eigenvalue weighted by Gasteiger charge is -2.01. The molecule has 0 fully saturated rings. The maximum Gasteiger partial charge on any atom is 0.119 e. The van der Waals surface area contributed by atoms with Crippen molar-refractivity contribution >= 4 is 32.9 Å². The van der Waals surface area contributed by atoms with Gasteiger partial charge in [0.05, 0.1) is 7.11 Å². The van der Waals surface area contributed by atoms with Crippen LogP contribution >= 0.6 is 32.9 Å². The second kappa shape index (κ2) is 4.21. The first-order chi connectivity index (χ1) is 6.79. The Labute approximate surface area is 95.0 Å². The summed E-state index contributed by atoms with van der Waals surface area (Å²) in [7, 11) is 5.01. The number of methoxy groups -OCH3 is 1. The Balaban J connectivity index is 2.46. The third-order valence-electron chi connectivity index (χ3n) is 1.82. The Kier molecular flexibility index (Phi) is 2.96. The molecule has 2 rings (SSSR count). The van der Waals surface area contributed by atoms with Crippen molar-refractivity contribution in [2.45, 2.75) is 0 Å². The van der Waals surface area contributed by atoms with Crippen molar-refractivity contribution in [1.29, 1.82) is 0 Å². The summed E-state index contributed by atoms with van der Waals surface area (Å²) in [6, 6.07) is 10.0. The van der Waals surface area contributed by atoms with Gasteiger partial charge in [-0.3, -0.25) is 0 Å². The van der Waals surface area contributed by atoms with Gasteiger partial charge in [0.1, 0.15) is 9.57 Å². The maximum absolute atomic E-state index is 5.17. The van der Waals surface area contributed by atoms with E-state index < -0.39 is 0 Å². The van der Waals surface area contributed by atoms with Gasteiger partial charge in [-0.05, 0) is 23.8 Å². The van der Waals surface area contributed by atoms with Crippen LogP contribution in [0.2, 0.25) is 0 Å². The first kappa shape index (κ1) is 9.83. The summed E-state index contributed by atoms with van der Waals surface area (Å²) in [4.78, 5) is 1.21. The fraction of sp³-hybridized carbons (Fsp3) is 0.100. The predicted octanol–water partition coefficient (Wildman–Crippen LogP) is 4.21. The van der Waals surface area contributed by atoms with E-state index in [2.05, 4.69) is 6.07 Å². The quantitative estimate of drug-likeness (QED) is 0.574. The van der Waals surface area contributed by atoms with Crippen LogP contribution in [-0.4, -0.2) is 7.11 Å². The Bertz CT molecular complexity index is 484. The van der Waals surface area contributed by atoms with E-state index in [1.807, 2.05) is 24.3 Å². The van der Waals surface area contributed by atoms with Crippen molar-refractivity contribution in [3.05, 3.63) is 34.2 Å². The van der Waals surface area contributed by atoms with Crippen LogP contribution in [0.4, 0.5) is 0 Å². The van der Waals surface area contributed by atoms with E-state index >= 15 is 0 Å². The highest BCUT2D eigenvalue weighted by Gasteiger charge is 2.01. The lowest BCUT2D eigenvalue weighted by molar-refractivity contribution is 0.415. The highest BCUT2D eigenvalue weighted by molar-refractivity contribution is 7.80. The van der Waals surface area contributed by atoms with Gasteiger partial charge in [0.2, 0.25) is 0 Å². The summed E-state index contributed by atoms with van der Waals surface area (Å²) in [5.74, 6) is 0.881. The third-order valence-corrected chi connectivity index (χ3v) is 4.73. The van der Waals surface area contributed by atoms with Gasteiger partial charge in [0.15, 0.2) is 0 Å². The summed E-state index contributed by atoms with van der Waals surface area (Å²) in [5, 5.41) is 0. The molecule has 1 aromatic carbocycles. The molecule has 0 N–H and O–H groups in total. The predicted molar refractivity (Wildman–Crippen MR) is 65.0 cm³/mol. The molecule has 2 aromatic rings. The summed E-state index contributed by atoms with van der Waals surface area (Å²) in [6.45, 7) is 0. The molecule has 1 nitrogen and oxygen atoms in total. The molecular weight excluding hydrogens is 232 g/mol. The van der Waals surface area contributed by atoms with E-state index in [0.717, 1.165) is 9.57 Å². The van der Waals surface area contributed by atoms with Gasteiger partial charge >= 0.3 is 0 Å². The van der Waals surface area contributed by atoms with E-state index in [4.69, 9.17) is 17.0 Å². The van der Waals surface area contributed by atoms with Gasteiger partial charge in [-0.2, -0.15) is 0 Å². The van der Waals surface area contributed by atoms with Crippen LogP contribution in [0.25, 0.3) is 10.4 Å². The second-order valence-corrected chi connectivity index (χ2v) is 5.64. The minimum absolute atomic E-state index is 0.881. The Morgan fingerprint density at radius 2 is 2.07 bits per heavy atom. The Hall–Kier alpha value is -0.710. The van der Waals surface area contributed by atoms with Crippen LogP contribution in [-0.2, 0) is 0 Å². The highest BCUT2D eigenvalue weighted by atomic mass is 32.9. The average molecular weight is 240 g/mol. The van der Waals surface area contributed by atoms with E-state index in [1.165, 1.54) is 10.4 Å². The first-order valence-corrected chi connectivity index (χ1v) is 6.60. The third kappa shape index (κ3) is 2.03. The molecule has 72 valence electrons. The molecular formula is C10H8OS3. The smallest absolute Gasteiger partial charge is 0.119 e. The highest BCUT2D eigenvalue weighted by Crippen LogP contribution is 2.31. The monoisotopic (exact) mass is 240 g/mol. The zero-order valence-electron chi connectivity index (χ0n) is 7.52.